The summed E-state index contributed by atoms with van der Waals surface area (Å²) in [6, 6.07) is 20.8. The van der Waals surface area contributed by atoms with Gasteiger partial charge < -0.3 is 0 Å². The number of hydrogen-bond acceptors (Lipinski definition) is 2. The first-order chi connectivity index (χ1) is 8.42. The van der Waals surface area contributed by atoms with Crippen LogP contribution in [-0.4, -0.2) is 4.90 Å². The second-order valence-electron chi connectivity index (χ2n) is 4.22. The topological polar surface area (TPSA) is 26.8 Å². The molecular formula is C15H12N2. The molecule has 2 atom stereocenters. The van der Waals surface area contributed by atoms with Gasteiger partial charge in [-0.2, -0.15) is 5.26 Å². The van der Waals surface area contributed by atoms with Crippen LogP contribution < -0.4 is 0 Å². The lowest BCUT2D eigenvalue weighted by atomic mass is 10.0. The van der Waals surface area contributed by atoms with Gasteiger partial charge in [0.15, 0.2) is 6.19 Å². The fourth-order valence-electron chi connectivity index (χ4n) is 2.34. The predicted octanol–water partition coefficient (Wildman–Crippen LogP) is 3.27. The molecule has 0 N–H and O–H groups in total. The lowest BCUT2D eigenvalue weighted by molar-refractivity contribution is 0.681. The third-order valence-electron chi connectivity index (χ3n) is 3.21. The molecule has 0 saturated carbocycles. The summed E-state index contributed by atoms with van der Waals surface area (Å²) >= 11 is 0. The SMILES string of the molecule is N#CN1[C@H](c2ccccc2)[C@@H]1c1ccccc1. The molecule has 0 spiro atoms. The molecule has 0 bridgehead atoms. The van der Waals surface area contributed by atoms with E-state index in [-0.39, 0.29) is 12.1 Å². The molecule has 2 aromatic carbocycles. The molecule has 0 amide bonds. The van der Waals surface area contributed by atoms with Gasteiger partial charge in [-0.05, 0) is 11.1 Å². The quantitative estimate of drug-likeness (QED) is 0.573. The van der Waals surface area contributed by atoms with Crippen molar-refractivity contribution in [1.82, 2.24) is 4.90 Å². The summed E-state index contributed by atoms with van der Waals surface area (Å²) < 4.78 is 0. The highest BCUT2D eigenvalue weighted by molar-refractivity contribution is 5.36. The molecule has 1 saturated heterocycles. The molecule has 0 aromatic heterocycles. The van der Waals surface area contributed by atoms with Crippen LogP contribution in [0.2, 0.25) is 0 Å². The van der Waals surface area contributed by atoms with E-state index in [2.05, 4.69) is 30.5 Å². The Morgan fingerprint density at radius 2 is 1.18 bits per heavy atom. The van der Waals surface area contributed by atoms with Crippen LogP contribution in [0, 0.1) is 11.5 Å². The van der Waals surface area contributed by atoms with Crippen molar-refractivity contribution in [3.8, 4) is 6.19 Å². The zero-order valence-electron chi connectivity index (χ0n) is 9.32. The fourth-order valence-corrected chi connectivity index (χ4v) is 2.34. The van der Waals surface area contributed by atoms with Crippen LogP contribution in [0.3, 0.4) is 0 Å². The Balaban J connectivity index is 1.92. The van der Waals surface area contributed by atoms with Crippen molar-refractivity contribution in [2.75, 3.05) is 0 Å². The summed E-state index contributed by atoms with van der Waals surface area (Å²) in [6.07, 6.45) is 2.27. The first kappa shape index (κ1) is 9.92. The van der Waals surface area contributed by atoms with Gasteiger partial charge in [0.05, 0.1) is 12.1 Å². The smallest absolute Gasteiger partial charge is 0.180 e. The van der Waals surface area contributed by atoms with Crippen molar-refractivity contribution in [2.24, 2.45) is 0 Å². The summed E-state index contributed by atoms with van der Waals surface area (Å²) in [7, 11) is 0. The third-order valence-corrected chi connectivity index (χ3v) is 3.21. The van der Waals surface area contributed by atoms with E-state index in [4.69, 9.17) is 5.26 Å². The molecule has 1 aliphatic heterocycles. The summed E-state index contributed by atoms with van der Waals surface area (Å²) in [5.41, 5.74) is 2.42. The van der Waals surface area contributed by atoms with Gasteiger partial charge in [0.1, 0.15) is 0 Å². The van der Waals surface area contributed by atoms with Crippen molar-refractivity contribution < 1.29 is 0 Å². The molecule has 2 aromatic rings. The van der Waals surface area contributed by atoms with Crippen molar-refractivity contribution in [3.05, 3.63) is 71.8 Å². The van der Waals surface area contributed by atoms with Gasteiger partial charge in [-0.3, -0.25) is 4.90 Å². The predicted molar refractivity (Wildman–Crippen MR) is 65.8 cm³/mol. The molecule has 1 heterocycles. The molecule has 1 aliphatic rings. The van der Waals surface area contributed by atoms with E-state index in [0.717, 1.165) is 0 Å². The minimum Gasteiger partial charge on any atom is -0.291 e. The number of benzene rings is 2. The van der Waals surface area contributed by atoms with Crippen LogP contribution in [0.1, 0.15) is 23.2 Å². The van der Waals surface area contributed by atoms with E-state index in [1.807, 2.05) is 41.3 Å². The van der Waals surface area contributed by atoms with Crippen molar-refractivity contribution in [3.63, 3.8) is 0 Å². The molecule has 1 fully saturated rings. The number of rotatable bonds is 2. The maximum absolute atomic E-state index is 9.15. The largest absolute Gasteiger partial charge is 0.291 e. The zero-order chi connectivity index (χ0) is 11.7. The summed E-state index contributed by atoms with van der Waals surface area (Å²) in [4.78, 5) is 1.84. The van der Waals surface area contributed by atoms with Gasteiger partial charge in [-0.1, -0.05) is 60.7 Å². The molecule has 2 heteroatoms. The highest BCUT2D eigenvalue weighted by Crippen LogP contribution is 2.53. The van der Waals surface area contributed by atoms with E-state index < -0.39 is 0 Å². The Bertz CT molecular complexity index is 497. The summed E-state index contributed by atoms with van der Waals surface area (Å²) in [6.45, 7) is 0. The fraction of sp³-hybridized carbons (Fsp3) is 0.133. The van der Waals surface area contributed by atoms with Crippen LogP contribution in [0.15, 0.2) is 60.7 Å². The average molecular weight is 220 g/mol. The molecule has 17 heavy (non-hydrogen) atoms. The Morgan fingerprint density at radius 1 is 0.765 bits per heavy atom. The highest BCUT2D eigenvalue weighted by atomic mass is 15.3. The molecule has 82 valence electrons. The van der Waals surface area contributed by atoms with Crippen LogP contribution in [0.5, 0.6) is 0 Å². The van der Waals surface area contributed by atoms with Crippen LogP contribution >= 0.6 is 0 Å². The van der Waals surface area contributed by atoms with E-state index in [1.165, 1.54) is 11.1 Å². The van der Waals surface area contributed by atoms with E-state index in [1.54, 1.807) is 0 Å². The second-order valence-corrected chi connectivity index (χ2v) is 4.22. The Morgan fingerprint density at radius 3 is 1.53 bits per heavy atom. The first-order valence-electron chi connectivity index (χ1n) is 5.70. The monoisotopic (exact) mass is 220 g/mol. The Labute approximate surface area is 101 Å². The Kier molecular flexibility index (Phi) is 2.31. The second kappa shape index (κ2) is 3.95. The van der Waals surface area contributed by atoms with E-state index in [9.17, 15) is 0 Å². The van der Waals surface area contributed by atoms with Crippen molar-refractivity contribution in [2.45, 2.75) is 12.1 Å². The van der Waals surface area contributed by atoms with Crippen molar-refractivity contribution in [1.29, 1.82) is 5.26 Å². The zero-order valence-corrected chi connectivity index (χ0v) is 9.32. The van der Waals surface area contributed by atoms with Crippen molar-refractivity contribution >= 4 is 0 Å². The molecule has 0 radical (unpaired) electrons. The standard InChI is InChI=1S/C15H12N2/c16-11-17-14(12-7-3-1-4-8-12)15(17)13-9-5-2-6-10-13/h1-10,14-15H/t14-,15+,17?. The minimum atomic E-state index is 0.212. The average Bonchev–Trinajstić information content (AvgIpc) is 3.15. The normalized spacial score (nSPS) is 21.9. The lowest BCUT2D eigenvalue weighted by Gasteiger charge is -1.96. The maximum Gasteiger partial charge on any atom is 0.180 e. The third kappa shape index (κ3) is 1.66. The van der Waals surface area contributed by atoms with Gasteiger partial charge >= 0.3 is 0 Å². The van der Waals surface area contributed by atoms with Gasteiger partial charge in [-0.15, -0.1) is 0 Å². The number of hydrogen-bond donors (Lipinski definition) is 0. The number of nitrogens with zero attached hydrogens (tertiary/aromatic N) is 2. The Hall–Kier alpha value is -2.27. The van der Waals surface area contributed by atoms with Gasteiger partial charge in [0, 0.05) is 0 Å². The van der Waals surface area contributed by atoms with E-state index >= 15 is 0 Å². The molecule has 0 unspecified atom stereocenters. The highest BCUT2D eigenvalue weighted by Gasteiger charge is 2.49. The van der Waals surface area contributed by atoms with Gasteiger partial charge in [0.25, 0.3) is 0 Å². The molecule has 3 rings (SSSR count). The molecular weight excluding hydrogens is 208 g/mol. The van der Waals surface area contributed by atoms with E-state index in [0.29, 0.717) is 0 Å². The van der Waals surface area contributed by atoms with Crippen LogP contribution in [-0.2, 0) is 0 Å². The lowest BCUT2D eigenvalue weighted by Crippen LogP contribution is -1.86. The maximum atomic E-state index is 9.15. The minimum absolute atomic E-state index is 0.212. The summed E-state index contributed by atoms with van der Waals surface area (Å²) in [5, 5.41) is 9.15. The van der Waals surface area contributed by atoms with Crippen LogP contribution in [0.4, 0.5) is 0 Å². The van der Waals surface area contributed by atoms with Gasteiger partial charge in [-0.25, -0.2) is 0 Å². The van der Waals surface area contributed by atoms with Gasteiger partial charge in [0.2, 0.25) is 0 Å². The first-order valence-corrected chi connectivity index (χ1v) is 5.70. The summed E-state index contributed by atoms with van der Waals surface area (Å²) in [5.74, 6) is 0. The molecule has 2 nitrogen and oxygen atoms in total. The van der Waals surface area contributed by atoms with Crippen LogP contribution in [0.25, 0.3) is 0 Å². The molecule has 0 aliphatic carbocycles. The number of nitriles is 1.